The normalized spacial score (nSPS) is 12.6. The molecule has 0 fully saturated rings. The van der Waals surface area contributed by atoms with E-state index in [-0.39, 0.29) is 5.92 Å². The third-order valence-corrected chi connectivity index (χ3v) is 2.26. The quantitative estimate of drug-likeness (QED) is 0.742. The Morgan fingerprint density at radius 3 is 3.00 bits per heavy atom. The van der Waals surface area contributed by atoms with Gasteiger partial charge in [0.25, 0.3) is 0 Å². The van der Waals surface area contributed by atoms with Crippen molar-refractivity contribution in [3.63, 3.8) is 0 Å². The van der Waals surface area contributed by atoms with E-state index in [1.807, 2.05) is 32.0 Å². The summed E-state index contributed by atoms with van der Waals surface area (Å²) in [5, 5.41) is 8.76. The number of aromatic amines is 1. The van der Waals surface area contributed by atoms with E-state index in [4.69, 9.17) is 5.26 Å². The number of aromatic nitrogens is 2. The lowest BCUT2D eigenvalue weighted by atomic mass is 10.2. The van der Waals surface area contributed by atoms with Crippen molar-refractivity contribution >= 4 is 11.0 Å². The van der Waals surface area contributed by atoms with E-state index in [2.05, 4.69) is 16.0 Å². The molecule has 1 unspecified atom stereocenters. The molecule has 0 amide bonds. The summed E-state index contributed by atoms with van der Waals surface area (Å²) in [6.45, 7) is 3.87. The number of fused-ring (bicyclic) bond motifs is 1. The van der Waals surface area contributed by atoms with E-state index in [1.54, 1.807) is 0 Å². The molecule has 0 saturated heterocycles. The number of nitriles is 1. The van der Waals surface area contributed by atoms with Crippen molar-refractivity contribution in [2.75, 3.05) is 0 Å². The SMILES string of the molecule is Cc1ccc2nc(C(C)C#N)[nH]c2c1. The molecule has 1 aromatic carbocycles. The first kappa shape index (κ1) is 8.76. The second-order valence-electron chi connectivity index (χ2n) is 3.49. The number of aryl methyl sites for hydroxylation is 1. The Kier molecular flexibility index (Phi) is 1.97. The summed E-state index contributed by atoms with van der Waals surface area (Å²) in [7, 11) is 0. The number of H-pyrrole nitrogens is 1. The van der Waals surface area contributed by atoms with E-state index < -0.39 is 0 Å². The molecule has 14 heavy (non-hydrogen) atoms. The van der Waals surface area contributed by atoms with Crippen LogP contribution in [0.1, 0.15) is 24.2 Å². The van der Waals surface area contributed by atoms with Gasteiger partial charge in [0.1, 0.15) is 11.7 Å². The van der Waals surface area contributed by atoms with Crippen LogP contribution in [-0.4, -0.2) is 9.97 Å². The van der Waals surface area contributed by atoms with Gasteiger partial charge in [0.2, 0.25) is 0 Å². The van der Waals surface area contributed by atoms with Crippen LogP contribution in [0.15, 0.2) is 18.2 Å². The molecule has 2 aromatic rings. The van der Waals surface area contributed by atoms with E-state index in [0.29, 0.717) is 0 Å². The van der Waals surface area contributed by atoms with Gasteiger partial charge >= 0.3 is 0 Å². The minimum absolute atomic E-state index is 0.178. The zero-order valence-electron chi connectivity index (χ0n) is 8.20. The fraction of sp³-hybridized carbons (Fsp3) is 0.273. The molecule has 0 aliphatic heterocycles. The maximum atomic E-state index is 8.76. The second-order valence-corrected chi connectivity index (χ2v) is 3.49. The van der Waals surface area contributed by atoms with Crippen LogP contribution in [0, 0.1) is 18.3 Å². The number of benzene rings is 1. The van der Waals surface area contributed by atoms with Gasteiger partial charge in [-0.05, 0) is 31.5 Å². The Morgan fingerprint density at radius 1 is 1.50 bits per heavy atom. The molecule has 0 spiro atoms. The Morgan fingerprint density at radius 2 is 2.29 bits per heavy atom. The zero-order chi connectivity index (χ0) is 10.1. The molecule has 0 aliphatic rings. The van der Waals surface area contributed by atoms with Gasteiger partial charge in [-0.2, -0.15) is 5.26 Å². The van der Waals surface area contributed by atoms with Crippen molar-refractivity contribution < 1.29 is 0 Å². The van der Waals surface area contributed by atoms with Crippen molar-refractivity contribution in [2.24, 2.45) is 0 Å². The molecule has 0 radical (unpaired) electrons. The number of hydrogen-bond acceptors (Lipinski definition) is 2. The molecular weight excluding hydrogens is 174 g/mol. The first-order valence-electron chi connectivity index (χ1n) is 4.56. The smallest absolute Gasteiger partial charge is 0.124 e. The van der Waals surface area contributed by atoms with Gasteiger partial charge < -0.3 is 4.98 Å². The summed E-state index contributed by atoms with van der Waals surface area (Å²) < 4.78 is 0. The van der Waals surface area contributed by atoms with Crippen LogP contribution >= 0.6 is 0 Å². The first-order valence-corrected chi connectivity index (χ1v) is 4.56. The van der Waals surface area contributed by atoms with Gasteiger partial charge in [0.15, 0.2) is 0 Å². The Labute approximate surface area is 82.4 Å². The lowest BCUT2D eigenvalue weighted by Gasteiger charge is -1.93. The Bertz CT molecular complexity index is 505. The van der Waals surface area contributed by atoms with Crippen molar-refractivity contribution in [3.8, 4) is 6.07 Å². The summed E-state index contributed by atoms with van der Waals surface area (Å²) in [4.78, 5) is 7.50. The van der Waals surface area contributed by atoms with Crippen LogP contribution in [0.2, 0.25) is 0 Å². The number of hydrogen-bond donors (Lipinski definition) is 1. The number of nitrogens with one attached hydrogen (secondary N) is 1. The average molecular weight is 185 g/mol. The van der Waals surface area contributed by atoms with Gasteiger partial charge in [-0.1, -0.05) is 6.07 Å². The van der Waals surface area contributed by atoms with Gasteiger partial charge in [-0.3, -0.25) is 0 Å². The van der Waals surface area contributed by atoms with Crippen LogP contribution in [0.5, 0.6) is 0 Å². The molecule has 0 bridgehead atoms. The molecule has 0 aliphatic carbocycles. The Hall–Kier alpha value is -1.82. The summed E-state index contributed by atoms with van der Waals surface area (Å²) in [6.07, 6.45) is 0. The summed E-state index contributed by atoms with van der Waals surface area (Å²) in [5.74, 6) is 0.566. The van der Waals surface area contributed by atoms with Crippen LogP contribution in [0.25, 0.3) is 11.0 Å². The molecule has 3 nitrogen and oxygen atoms in total. The minimum Gasteiger partial charge on any atom is -0.341 e. The zero-order valence-corrected chi connectivity index (χ0v) is 8.20. The number of nitrogens with zero attached hydrogens (tertiary/aromatic N) is 2. The molecule has 1 N–H and O–H groups in total. The largest absolute Gasteiger partial charge is 0.341 e. The predicted molar refractivity (Wildman–Crippen MR) is 54.9 cm³/mol. The highest BCUT2D eigenvalue weighted by Gasteiger charge is 2.08. The number of rotatable bonds is 1. The van der Waals surface area contributed by atoms with E-state index in [9.17, 15) is 0 Å². The summed E-state index contributed by atoms with van der Waals surface area (Å²) in [5.41, 5.74) is 3.12. The maximum Gasteiger partial charge on any atom is 0.124 e. The van der Waals surface area contributed by atoms with Gasteiger partial charge in [0.05, 0.1) is 17.1 Å². The average Bonchev–Trinajstić information content (AvgIpc) is 2.59. The van der Waals surface area contributed by atoms with Gasteiger partial charge in [-0.15, -0.1) is 0 Å². The van der Waals surface area contributed by atoms with E-state index >= 15 is 0 Å². The minimum atomic E-state index is -0.178. The molecular formula is C11H11N3. The van der Waals surface area contributed by atoms with Gasteiger partial charge in [-0.25, -0.2) is 4.98 Å². The molecule has 2 rings (SSSR count). The highest BCUT2D eigenvalue weighted by atomic mass is 14.9. The lowest BCUT2D eigenvalue weighted by molar-refractivity contribution is 0.891. The van der Waals surface area contributed by atoms with Crippen LogP contribution in [0.4, 0.5) is 0 Å². The third kappa shape index (κ3) is 1.35. The maximum absolute atomic E-state index is 8.76. The highest BCUT2D eigenvalue weighted by Crippen LogP contribution is 2.17. The van der Waals surface area contributed by atoms with Crippen LogP contribution in [-0.2, 0) is 0 Å². The molecule has 1 heterocycles. The lowest BCUT2D eigenvalue weighted by Crippen LogP contribution is -1.91. The molecule has 1 aromatic heterocycles. The van der Waals surface area contributed by atoms with Gasteiger partial charge in [0, 0.05) is 0 Å². The molecule has 1 atom stereocenters. The predicted octanol–water partition coefficient (Wildman–Crippen LogP) is 2.50. The fourth-order valence-corrected chi connectivity index (χ4v) is 1.41. The molecule has 70 valence electrons. The summed E-state index contributed by atoms with van der Waals surface area (Å²) in [6, 6.07) is 8.19. The number of imidazole rings is 1. The third-order valence-electron chi connectivity index (χ3n) is 2.26. The Balaban J connectivity index is 2.58. The highest BCUT2D eigenvalue weighted by molar-refractivity contribution is 5.75. The van der Waals surface area contributed by atoms with Crippen LogP contribution in [0.3, 0.4) is 0 Å². The topological polar surface area (TPSA) is 52.5 Å². The van der Waals surface area contributed by atoms with Crippen molar-refractivity contribution in [1.82, 2.24) is 9.97 Å². The molecule has 3 heteroatoms. The molecule has 0 saturated carbocycles. The van der Waals surface area contributed by atoms with Crippen molar-refractivity contribution in [2.45, 2.75) is 19.8 Å². The monoisotopic (exact) mass is 185 g/mol. The van der Waals surface area contributed by atoms with E-state index in [0.717, 1.165) is 16.9 Å². The van der Waals surface area contributed by atoms with Crippen molar-refractivity contribution in [1.29, 1.82) is 5.26 Å². The summed E-state index contributed by atoms with van der Waals surface area (Å²) >= 11 is 0. The fourth-order valence-electron chi connectivity index (χ4n) is 1.41. The standard InChI is InChI=1S/C11H11N3/c1-7-3-4-9-10(5-7)14-11(13-9)8(2)6-12/h3-5,8H,1-2H3,(H,13,14). The van der Waals surface area contributed by atoms with E-state index in [1.165, 1.54) is 5.56 Å². The first-order chi connectivity index (χ1) is 6.70. The van der Waals surface area contributed by atoms with Crippen LogP contribution < -0.4 is 0 Å². The van der Waals surface area contributed by atoms with Crippen molar-refractivity contribution in [3.05, 3.63) is 29.6 Å². The second kappa shape index (κ2) is 3.15.